The minimum absolute atomic E-state index is 0.322. The smallest absolute Gasteiger partial charge is 0.0880 e. The van der Waals surface area contributed by atoms with Gasteiger partial charge in [0.25, 0.3) is 0 Å². The second kappa shape index (κ2) is 7.08. The van der Waals surface area contributed by atoms with E-state index in [0.29, 0.717) is 12.0 Å². The van der Waals surface area contributed by atoms with E-state index in [1.54, 1.807) is 0 Å². The van der Waals surface area contributed by atoms with E-state index < -0.39 is 0 Å². The summed E-state index contributed by atoms with van der Waals surface area (Å²) in [5, 5.41) is 3.47. The van der Waals surface area contributed by atoms with Crippen LogP contribution in [0.2, 0.25) is 0 Å². The number of nitrogens with one attached hydrogen (secondary N) is 1. The lowest BCUT2D eigenvalue weighted by atomic mass is 10.2. The predicted molar refractivity (Wildman–Crippen MR) is 78.2 cm³/mol. The number of morpholine rings is 1. The Hall–Kier alpha value is -0.840. The van der Waals surface area contributed by atoms with E-state index in [1.165, 1.54) is 5.56 Å². The largest absolute Gasteiger partial charge is 0.374 e. The summed E-state index contributed by atoms with van der Waals surface area (Å²) in [6.45, 7) is 10.4. The van der Waals surface area contributed by atoms with Crippen molar-refractivity contribution in [2.24, 2.45) is 5.92 Å². The number of likely N-dealkylation sites (N-methyl/N-ethyl adjacent to an activating group) is 1. The molecule has 1 aromatic rings. The van der Waals surface area contributed by atoms with Crippen LogP contribution in [0.4, 0.5) is 0 Å². The van der Waals surface area contributed by atoms with Gasteiger partial charge >= 0.3 is 0 Å². The van der Waals surface area contributed by atoms with Crippen molar-refractivity contribution in [2.75, 3.05) is 33.3 Å². The lowest BCUT2D eigenvalue weighted by molar-refractivity contribution is -0.0274. The summed E-state index contributed by atoms with van der Waals surface area (Å²) in [6, 6.07) is 2.19. The highest BCUT2D eigenvalue weighted by Crippen LogP contribution is 2.08. The van der Waals surface area contributed by atoms with Crippen LogP contribution in [0.15, 0.2) is 18.5 Å². The third kappa shape index (κ3) is 4.97. The maximum atomic E-state index is 5.80. The lowest BCUT2D eigenvalue weighted by Crippen LogP contribution is -2.41. The molecule has 0 bridgehead atoms. The fourth-order valence-corrected chi connectivity index (χ4v) is 2.43. The van der Waals surface area contributed by atoms with Crippen LogP contribution in [0.5, 0.6) is 0 Å². The van der Waals surface area contributed by atoms with Crippen molar-refractivity contribution in [2.45, 2.75) is 33.0 Å². The molecule has 1 unspecified atom stereocenters. The molecule has 0 spiro atoms. The first-order chi connectivity index (χ1) is 9.13. The number of ether oxygens (including phenoxy) is 1. The summed E-state index contributed by atoms with van der Waals surface area (Å²) in [7, 11) is 2.16. The van der Waals surface area contributed by atoms with Crippen LogP contribution in [-0.2, 0) is 17.8 Å². The Balaban J connectivity index is 1.77. The monoisotopic (exact) mass is 265 g/mol. The molecule has 0 aliphatic carbocycles. The van der Waals surface area contributed by atoms with Gasteiger partial charge in [0.05, 0.1) is 12.7 Å². The van der Waals surface area contributed by atoms with Gasteiger partial charge in [0, 0.05) is 38.6 Å². The van der Waals surface area contributed by atoms with Crippen LogP contribution < -0.4 is 5.32 Å². The SMILES string of the molecule is CC(C)CNCc1ccn(CC2CN(C)CCO2)c1. The Morgan fingerprint density at radius 2 is 2.32 bits per heavy atom. The first-order valence-electron chi connectivity index (χ1n) is 7.29. The summed E-state index contributed by atoms with van der Waals surface area (Å²) in [5.74, 6) is 0.702. The highest BCUT2D eigenvalue weighted by atomic mass is 16.5. The van der Waals surface area contributed by atoms with E-state index >= 15 is 0 Å². The molecule has 0 amide bonds. The molecule has 19 heavy (non-hydrogen) atoms. The summed E-state index contributed by atoms with van der Waals surface area (Å²) in [4.78, 5) is 2.34. The fourth-order valence-electron chi connectivity index (χ4n) is 2.43. The molecule has 0 radical (unpaired) electrons. The van der Waals surface area contributed by atoms with E-state index in [-0.39, 0.29) is 0 Å². The predicted octanol–water partition coefficient (Wildman–Crippen LogP) is 1.56. The molecule has 1 aliphatic heterocycles. The van der Waals surface area contributed by atoms with Crippen LogP contribution in [0.25, 0.3) is 0 Å². The van der Waals surface area contributed by atoms with Crippen LogP contribution in [0, 0.1) is 5.92 Å². The molecular weight excluding hydrogens is 238 g/mol. The lowest BCUT2D eigenvalue weighted by Gasteiger charge is -2.30. The highest BCUT2D eigenvalue weighted by Gasteiger charge is 2.17. The zero-order chi connectivity index (χ0) is 13.7. The standard InChI is InChI=1S/C15H27N3O/c1-13(2)8-16-9-14-4-5-18(10-14)12-15-11-17(3)6-7-19-15/h4-5,10,13,15-16H,6-9,11-12H2,1-3H3. The zero-order valence-corrected chi connectivity index (χ0v) is 12.4. The topological polar surface area (TPSA) is 29.4 Å². The fraction of sp³-hybridized carbons (Fsp3) is 0.733. The van der Waals surface area contributed by atoms with Crippen LogP contribution >= 0.6 is 0 Å². The van der Waals surface area contributed by atoms with Gasteiger partial charge in [0.1, 0.15) is 0 Å². The Morgan fingerprint density at radius 1 is 1.47 bits per heavy atom. The molecule has 1 aliphatic rings. The maximum Gasteiger partial charge on any atom is 0.0880 e. The Bertz CT molecular complexity index is 375. The van der Waals surface area contributed by atoms with Crippen molar-refractivity contribution in [3.63, 3.8) is 0 Å². The Kier molecular flexibility index (Phi) is 5.43. The van der Waals surface area contributed by atoms with E-state index in [9.17, 15) is 0 Å². The molecular formula is C15H27N3O. The first kappa shape index (κ1) is 14.6. The molecule has 4 nitrogen and oxygen atoms in total. The van der Waals surface area contributed by atoms with Gasteiger partial charge < -0.3 is 19.5 Å². The number of hydrogen-bond acceptors (Lipinski definition) is 3. The van der Waals surface area contributed by atoms with Gasteiger partial charge in [-0.15, -0.1) is 0 Å². The van der Waals surface area contributed by atoms with Gasteiger partial charge in [-0.05, 0) is 31.1 Å². The Labute approximate surface area is 116 Å². The van der Waals surface area contributed by atoms with Gasteiger partial charge in [0.2, 0.25) is 0 Å². The molecule has 1 fully saturated rings. The van der Waals surface area contributed by atoms with Crippen molar-refractivity contribution in [1.82, 2.24) is 14.8 Å². The summed E-state index contributed by atoms with van der Waals surface area (Å²) in [5.41, 5.74) is 1.35. The minimum Gasteiger partial charge on any atom is -0.374 e. The molecule has 0 aromatic carbocycles. The normalized spacial score (nSPS) is 21.2. The molecule has 2 rings (SSSR count). The van der Waals surface area contributed by atoms with Gasteiger partial charge in [-0.2, -0.15) is 0 Å². The molecule has 4 heteroatoms. The van der Waals surface area contributed by atoms with Gasteiger partial charge in [-0.3, -0.25) is 0 Å². The average molecular weight is 265 g/mol. The summed E-state index contributed by atoms with van der Waals surface area (Å²) in [6.07, 6.45) is 4.71. The molecule has 108 valence electrons. The molecule has 2 heterocycles. The van der Waals surface area contributed by atoms with Crippen LogP contribution in [0.3, 0.4) is 0 Å². The Morgan fingerprint density at radius 3 is 3.05 bits per heavy atom. The van der Waals surface area contributed by atoms with Crippen molar-refractivity contribution < 1.29 is 4.74 Å². The summed E-state index contributed by atoms with van der Waals surface area (Å²) < 4.78 is 8.04. The second-order valence-corrected chi connectivity index (χ2v) is 6.00. The van der Waals surface area contributed by atoms with E-state index in [0.717, 1.165) is 39.3 Å². The summed E-state index contributed by atoms with van der Waals surface area (Å²) >= 11 is 0. The van der Waals surface area contributed by atoms with Crippen molar-refractivity contribution in [1.29, 1.82) is 0 Å². The average Bonchev–Trinajstić information content (AvgIpc) is 2.76. The molecule has 0 saturated carbocycles. The minimum atomic E-state index is 0.322. The van der Waals surface area contributed by atoms with Crippen molar-refractivity contribution >= 4 is 0 Å². The van der Waals surface area contributed by atoms with Crippen LogP contribution in [0.1, 0.15) is 19.4 Å². The van der Waals surface area contributed by atoms with E-state index in [2.05, 4.69) is 54.1 Å². The highest BCUT2D eigenvalue weighted by molar-refractivity contribution is 5.10. The van der Waals surface area contributed by atoms with Crippen molar-refractivity contribution in [3.05, 3.63) is 24.0 Å². The van der Waals surface area contributed by atoms with Crippen molar-refractivity contribution in [3.8, 4) is 0 Å². The quantitative estimate of drug-likeness (QED) is 0.846. The maximum absolute atomic E-state index is 5.80. The number of nitrogens with zero attached hydrogens (tertiary/aromatic N) is 2. The van der Waals surface area contributed by atoms with E-state index in [4.69, 9.17) is 4.74 Å². The van der Waals surface area contributed by atoms with Gasteiger partial charge in [0.15, 0.2) is 0 Å². The second-order valence-electron chi connectivity index (χ2n) is 6.00. The van der Waals surface area contributed by atoms with Gasteiger partial charge in [-0.1, -0.05) is 13.8 Å². The third-order valence-electron chi connectivity index (χ3n) is 3.45. The van der Waals surface area contributed by atoms with Gasteiger partial charge in [-0.25, -0.2) is 0 Å². The third-order valence-corrected chi connectivity index (χ3v) is 3.45. The number of aromatic nitrogens is 1. The van der Waals surface area contributed by atoms with E-state index in [1.807, 2.05) is 0 Å². The molecule has 1 atom stereocenters. The molecule has 1 N–H and O–H groups in total. The van der Waals surface area contributed by atoms with Crippen LogP contribution in [-0.4, -0.2) is 48.9 Å². The first-order valence-corrected chi connectivity index (χ1v) is 7.29. The number of hydrogen-bond donors (Lipinski definition) is 1. The number of rotatable bonds is 6. The molecule has 1 aromatic heterocycles. The zero-order valence-electron chi connectivity index (χ0n) is 12.4. The molecule has 1 saturated heterocycles.